The third-order valence-corrected chi connectivity index (χ3v) is 2.96. The van der Waals surface area contributed by atoms with E-state index in [-0.39, 0.29) is 11.5 Å². The van der Waals surface area contributed by atoms with Gasteiger partial charge in [-0.15, -0.1) is 0 Å². The van der Waals surface area contributed by atoms with Gasteiger partial charge in [-0.05, 0) is 29.8 Å². The van der Waals surface area contributed by atoms with Crippen LogP contribution in [0.5, 0.6) is 5.75 Å². The van der Waals surface area contributed by atoms with E-state index in [0.29, 0.717) is 5.56 Å². The molecule has 0 saturated carbocycles. The van der Waals surface area contributed by atoms with Gasteiger partial charge in [0.2, 0.25) is 5.76 Å². The van der Waals surface area contributed by atoms with Crippen LogP contribution in [0, 0.1) is 5.82 Å². The molecule has 0 bridgehead atoms. The second-order valence-corrected chi connectivity index (χ2v) is 4.37. The van der Waals surface area contributed by atoms with Crippen LogP contribution in [0.2, 0.25) is 0 Å². The Hall–Kier alpha value is -2.88. The molecular weight excluding hydrogens is 271 g/mol. The first-order valence-corrected chi connectivity index (χ1v) is 6.35. The van der Waals surface area contributed by atoms with E-state index in [1.807, 2.05) is 30.3 Å². The Morgan fingerprint density at radius 1 is 1.00 bits per heavy atom. The first kappa shape index (κ1) is 13.1. The highest BCUT2D eigenvalue weighted by atomic mass is 19.1. The first-order chi connectivity index (χ1) is 10.2. The van der Waals surface area contributed by atoms with Crippen molar-refractivity contribution in [1.82, 2.24) is 0 Å². The number of benzene rings is 2. The van der Waals surface area contributed by atoms with Crippen LogP contribution in [0.4, 0.5) is 4.39 Å². The number of hydrogen-bond acceptors (Lipinski definition) is 3. The zero-order chi connectivity index (χ0) is 14.7. The molecule has 21 heavy (non-hydrogen) atoms. The number of ether oxygens (including phenoxy) is 1. The Kier molecular flexibility index (Phi) is 3.51. The van der Waals surface area contributed by atoms with Crippen molar-refractivity contribution in [2.24, 2.45) is 0 Å². The summed E-state index contributed by atoms with van der Waals surface area (Å²) in [5, 5.41) is 0. The monoisotopic (exact) mass is 282 g/mol. The molecule has 0 radical (unpaired) electrons. The van der Waals surface area contributed by atoms with Crippen LogP contribution in [0.25, 0.3) is 11.1 Å². The van der Waals surface area contributed by atoms with Crippen molar-refractivity contribution in [2.75, 3.05) is 0 Å². The van der Waals surface area contributed by atoms with Crippen molar-refractivity contribution in [1.29, 1.82) is 0 Å². The van der Waals surface area contributed by atoms with Crippen LogP contribution >= 0.6 is 0 Å². The maximum Gasteiger partial charge on any atom is 0.379 e. The summed E-state index contributed by atoms with van der Waals surface area (Å²) in [4.78, 5) is 11.7. The molecule has 3 nitrogen and oxygen atoms in total. The van der Waals surface area contributed by atoms with Gasteiger partial charge in [0.25, 0.3) is 0 Å². The zero-order valence-corrected chi connectivity index (χ0v) is 11.0. The fraction of sp³-hybridized carbons (Fsp3) is 0. The number of carbonyl (C=O) groups excluding carboxylic acids is 1. The van der Waals surface area contributed by atoms with Crippen LogP contribution in [0.1, 0.15) is 10.6 Å². The molecule has 1 heterocycles. The number of furan rings is 1. The molecule has 0 saturated heterocycles. The molecule has 3 aromatic rings. The zero-order valence-electron chi connectivity index (χ0n) is 11.0. The van der Waals surface area contributed by atoms with Crippen molar-refractivity contribution in [3.63, 3.8) is 0 Å². The lowest BCUT2D eigenvalue weighted by atomic mass is 10.1. The summed E-state index contributed by atoms with van der Waals surface area (Å²) < 4.78 is 24.1. The van der Waals surface area contributed by atoms with Crippen molar-refractivity contribution in [3.8, 4) is 16.9 Å². The van der Waals surface area contributed by atoms with Gasteiger partial charge in [0, 0.05) is 11.6 Å². The van der Waals surface area contributed by atoms with Gasteiger partial charge < -0.3 is 9.15 Å². The van der Waals surface area contributed by atoms with E-state index >= 15 is 0 Å². The van der Waals surface area contributed by atoms with Crippen molar-refractivity contribution in [2.45, 2.75) is 0 Å². The van der Waals surface area contributed by atoms with Gasteiger partial charge in [0.05, 0.1) is 6.26 Å². The van der Waals surface area contributed by atoms with Crippen LogP contribution < -0.4 is 4.74 Å². The Bertz CT molecular complexity index is 749. The molecule has 0 aliphatic heterocycles. The third kappa shape index (κ3) is 2.84. The molecular formula is C17H11FO3. The van der Waals surface area contributed by atoms with Gasteiger partial charge >= 0.3 is 5.97 Å². The third-order valence-electron chi connectivity index (χ3n) is 2.96. The predicted molar refractivity (Wildman–Crippen MR) is 75.5 cm³/mol. The summed E-state index contributed by atoms with van der Waals surface area (Å²) in [5.41, 5.74) is 1.22. The van der Waals surface area contributed by atoms with E-state index in [1.54, 1.807) is 18.2 Å². The van der Waals surface area contributed by atoms with E-state index in [4.69, 9.17) is 9.15 Å². The minimum Gasteiger partial charge on any atom is -0.457 e. The fourth-order valence-corrected chi connectivity index (χ4v) is 1.96. The molecule has 0 aliphatic carbocycles. The smallest absolute Gasteiger partial charge is 0.379 e. The predicted octanol–water partition coefficient (Wildman–Crippen LogP) is 4.30. The van der Waals surface area contributed by atoms with Crippen molar-refractivity contribution >= 4 is 5.97 Å². The average molecular weight is 282 g/mol. The van der Waals surface area contributed by atoms with E-state index in [1.165, 1.54) is 18.4 Å². The van der Waals surface area contributed by atoms with E-state index in [9.17, 15) is 9.18 Å². The van der Waals surface area contributed by atoms with E-state index in [0.717, 1.165) is 5.56 Å². The van der Waals surface area contributed by atoms with Crippen LogP contribution in [-0.4, -0.2) is 5.97 Å². The number of rotatable bonds is 3. The molecule has 0 fully saturated rings. The molecule has 0 atom stereocenters. The molecule has 0 amide bonds. The second-order valence-electron chi connectivity index (χ2n) is 4.37. The van der Waals surface area contributed by atoms with Crippen molar-refractivity contribution < 1.29 is 18.3 Å². The summed E-state index contributed by atoms with van der Waals surface area (Å²) in [6.45, 7) is 0. The fourth-order valence-electron chi connectivity index (χ4n) is 1.96. The minimum atomic E-state index is -0.660. The Labute approximate surface area is 120 Å². The maximum absolute atomic E-state index is 14.1. The molecule has 0 N–H and O–H groups in total. The molecule has 3 rings (SSSR count). The number of halogens is 1. The number of esters is 1. The van der Waals surface area contributed by atoms with Gasteiger partial charge in [-0.25, -0.2) is 9.18 Å². The summed E-state index contributed by atoms with van der Waals surface area (Å²) in [6.07, 6.45) is 1.37. The van der Waals surface area contributed by atoms with Gasteiger partial charge in [0.1, 0.15) is 11.6 Å². The topological polar surface area (TPSA) is 39.4 Å². The van der Waals surface area contributed by atoms with Gasteiger partial charge in [-0.3, -0.25) is 0 Å². The molecule has 4 heteroatoms. The summed E-state index contributed by atoms with van der Waals surface area (Å²) in [5.74, 6) is -0.908. The number of carbonyl (C=O) groups is 1. The van der Waals surface area contributed by atoms with Crippen LogP contribution in [-0.2, 0) is 0 Å². The van der Waals surface area contributed by atoms with Crippen LogP contribution in [0.15, 0.2) is 71.3 Å². The Morgan fingerprint density at radius 2 is 1.81 bits per heavy atom. The van der Waals surface area contributed by atoms with Gasteiger partial charge in [-0.1, -0.05) is 30.3 Å². The summed E-state index contributed by atoms with van der Waals surface area (Å²) in [6, 6.07) is 16.5. The molecule has 104 valence electrons. The van der Waals surface area contributed by atoms with E-state index < -0.39 is 11.8 Å². The molecule has 1 aromatic heterocycles. The lowest BCUT2D eigenvalue weighted by Gasteiger charge is -2.06. The normalized spacial score (nSPS) is 10.3. The molecule has 0 aliphatic rings. The standard InChI is InChI=1S/C17H11FO3/c18-15-11-13(21-17(19)16-7-4-10-20-16)8-9-14(15)12-5-2-1-3-6-12/h1-11H. The highest BCUT2D eigenvalue weighted by molar-refractivity contribution is 5.88. The van der Waals surface area contributed by atoms with Crippen LogP contribution in [0.3, 0.4) is 0 Å². The SMILES string of the molecule is O=C(Oc1ccc(-c2ccccc2)c(F)c1)c1ccco1. The van der Waals surface area contributed by atoms with Gasteiger partial charge in [-0.2, -0.15) is 0 Å². The highest BCUT2D eigenvalue weighted by Crippen LogP contribution is 2.26. The molecule has 2 aromatic carbocycles. The lowest BCUT2D eigenvalue weighted by Crippen LogP contribution is -2.07. The highest BCUT2D eigenvalue weighted by Gasteiger charge is 2.13. The average Bonchev–Trinajstić information content (AvgIpc) is 3.02. The second kappa shape index (κ2) is 5.63. The van der Waals surface area contributed by atoms with E-state index in [2.05, 4.69) is 0 Å². The summed E-state index contributed by atoms with van der Waals surface area (Å²) in [7, 11) is 0. The Morgan fingerprint density at radius 3 is 2.48 bits per heavy atom. The lowest BCUT2D eigenvalue weighted by molar-refractivity contribution is 0.0701. The minimum absolute atomic E-state index is 0.0718. The number of hydrogen-bond donors (Lipinski definition) is 0. The first-order valence-electron chi connectivity index (χ1n) is 6.35. The maximum atomic E-state index is 14.1. The Balaban J connectivity index is 1.83. The van der Waals surface area contributed by atoms with Crippen molar-refractivity contribution in [3.05, 3.63) is 78.5 Å². The quantitative estimate of drug-likeness (QED) is 0.531. The molecule has 0 unspecified atom stereocenters. The molecule has 0 spiro atoms. The van der Waals surface area contributed by atoms with Gasteiger partial charge in [0.15, 0.2) is 0 Å². The summed E-state index contributed by atoms with van der Waals surface area (Å²) >= 11 is 0. The largest absolute Gasteiger partial charge is 0.457 e.